The zero-order valence-corrected chi connectivity index (χ0v) is 14.6. The van der Waals surface area contributed by atoms with Crippen LogP contribution in [0, 0.1) is 0 Å². The summed E-state index contributed by atoms with van der Waals surface area (Å²) in [4.78, 5) is 17.8. The first-order valence-corrected chi connectivity index (χ1v) is 9.37. The van der Waals surface area contributed by atoms with E-state index in [4.69, 9.17) is 0 Å². The van der Waals surface area contributed by atoms with Gasteiger partial charge in [-0.15, -0.1) is 22.0 Å². The highest BCUT2D eigenvalue weighted by Gasteiger charge is 2.08. The Labute approximate surface area is 151 Å². The molecule has 25 heavy (non-hydrogen) atoms. The molecular weight excluding hydrogens is 354 g/mol. The number of hydrogen-bond donors (Lipinski definition) is 1. The number of carbonyl (C=O) groups excluding carboxylic acids is 1. The minimum atomic E-state index is -0.186. The van der Waals surface area contributed by atoms with Gasteiger partial charge in [0.1, 0.15) is 11.2 Å². The lowest BCUT2D eigenvalue weighted by Crippen LogP contribution is -2.11. The fourth-order valence-electron chi connectivity index (χ4n) is 2.31. The van der Waals surface area contributed by atoms with Crippen molar-refractivity contribution in [3.63, 3.8) is 0 Å². The van der Waals surface area contributed by atoms with Crippen LogP contribution in [0.5, 0.6) is 0 Å². The number of anilines is 1. The molecule has 0 spiro atoms. The van der Waals surface area contributed by atoms with Crippen LogP contribution in [0.4, 0.5) is 5.13 Å². The molecule has 3 aromatic heterocycles. The second-order valence-electron chi connectivity index (χ2n) is 5.21. The van der Waals surface area contributed by atoms with Gasteiger partial charge in [0.2, 0.25) is 5.13 Å². The summed E-state index contributed by atoms with van der Waals surface area (Å²) in [5.41, 5.74) is 4.14. The summed E-state index contributed by atoms with van der Waals surface area (Å²) in [7, 11) is 0. The maximum Gasteiger partial charge on any atom is 0.257 e. The van der Waals surface area contributed by atoms with Crippen molar-refractivity contribution in [3.05, 3.63) is 71.6 Å². The van der Waals surface area contributed by atoms with Gasteiger partial charge in [0.15, 0.2) is 0 Å². The maximum absolute atomic E-state index is 12.1. The molecule has 0 aliphatic carbocycles. The Hall–Kier alpha value is -2.71. The first-order chi connectivity index (χ1) is 12.3. The number of fused-ring (bicyclic) bond motifs is 1. The van der Waals surface area contributed by atoms with Crippen molar-refractivity contribution in [1.82, 2.24) is 19.6 Å². The number of aromatic nitrogens is 4. The van der Waals surface area contributed by atoms with Gasteiger partial charge in [-0.3, -0.25) is 10.1 Å². The number of rotatable bonds is 5. The smallest absolute Gasteiger partial charge is 0.257 e. The topological polar surface area (TPSA) is 72.2 Å². The minimum Gasteiger partial charge on any atom is -0.307 e. The van der Waals surface area contributed by atoms with Gasteiger partial charge in [-0.2, -0.15) is 0 Å². The third-order valence-electron chi connectivity index (χ3n) is 3.50. The number of hydrogen-bond acceptors (Lipinski definition) is 6. The molecule has 4 aromatic rings. The van der Waals surface area contributed by atoms with E-state index in [-0.39, 0.29) is 5.91 Å². The Morgan fingerprint density at radius 1 is 1.20 bits per heavy atom. The minimum absolute atomic E-state index is 0.186. The van der Waals surface area contributed by atoms with Crippen molar-refractivity contribution in [3.8, 4) is 0 Å². The SMILES string of the molecule is O=C(Nc1nncs1)c1ccc(SCc2cn3ccccc3n2)cc1. The molecule has 4 rings (SSSR count). The Morgan fingerprint density at radius 2 is 2.08 bits per heavy atom. The van der Waals surface area contributed by atoms with E-state index in [9.17, 15) is 4.79 Å². The molecule has 0 saturated heterocycles. The van der Waals surface area contributed by atoms with Crippen molar-refractivity contribution in [1.29, 1.82) is 0 Å². The second kappa shape index (κ2) is 7.04. The standard InChI is InChI=1S/C17H13N5OS2/c23-16(20-17-21-18-11-25-17)12-4-6-14(7-5-12)24-10-13-9-22-8-2-1-3-15(22)19-13/h1-9,11H,10H2,(H,20,21,23). The molecule has 0 saturated carbocycles. The molecule has 0 atom stereocenters. The third kappa shape index (κ3) is 3.70. The first-order valence-electron chi connectivity index (χ1n) is 7.51. The summed E-state index contributed by atoms with van der Waals surface area (Å²) in [6, 6.07) is 13.4. The summed E-state index contributed by atoms with van der Waals surface area (Å²) in [6.45, 7) is 0. The van der Waals surface area contributed by atoms with Gasteiger partial charge in [0.25, 0.3) is 5.91 Å². The lowest BCUT2D eigenvalue weighted by Gasteiger charge is -2.03. The predicted octanol–water partition coefficient (Wildman–Crippen LogP) is 3.73. The number of thioether (sulfide) groups is 1. The largest absolute Gasteiger partial charge is 0.307 e. The Kier molecular flexibility index (Phi) is 4.45. The molecule has 0 fully saturated rings. The van der Waals surface area contributed by atoms with Crippen LogP contribution in [0.1, 0.15) is 16.1 Å². The van der Waals surface area contributed by atoms with E-state index >= 15 is 0 Å². The fourth-order valence-corrected chi connectivity index (χ4v) is 3.54. The molecule has 1 amide bonds. The van der Waals surface area contributed by atoms with Gasteiger partial charge >= 0.3 is 0 Å². The Balaban J connectivity index is 1.39. The van der Waals surface area contributed by atoms with Gasteiger partial charge in [-0.25, -0.2) is 4.98 Å². The van der Waals surface area contributed by atoms with Crippen LogP contribution in [-0.4, -0.2) is 25.5 Å². The van der Waals surface area contributed by atoms with Crippen LogP contribution < -0.4 is 5.32 Å². The highest BCUT2D eigenvalue weighted by molar-refractivity contribution is 7.98. The first kappa shape index (κ1) is 15.8. The van der Waals surface area contributed by atoms with Crippen LogP contribution in [0.25, 0.3) is 5.65 Å². The number of nitrogens with zero attached hydrogens (tertiary/aromatic N) is 4. The zero-order valence-electron chi connectivity index (χ0n) is 13.0. The van der Waals surface area contributed by atoms with Gasteiger partial charge in [-0.1, -0.05) is 17.4 Å². The monoisotopic (exact) mass is 367 g/mol. The summed E-state index contributed by atoms with van der Waals surface area (Å²) in [5.74, 6) is 0.589. The average Bonchev–Trinajstić information content (AvgIpc) is 3.29. The summed E-state index contributed by atoms with van der Waals surface area (Å²) >= 11 is 2.98. The molecule has 6 nitrogen and oxygen atoms in total. The molecular formula is C17H13N5OS2. The van der Waals surface area contributed by atoms with Crippen molar-refractivity contribution in [2.24, 2.45) is 0 Å². The molecule has 1 N–H and O–H groups in total. The lowest BCUT2D eigenvalue weighted by molar-refractivity contribution is 0.102. The zero-order chi connectivity index (χ0) is 17.1. The quantitative estimate of drug-likeness (QED) is 0.544. The van der Waals surface area contributed by atoms with Gasteiger partial charge in [0.05, 0.1) is 5.69 Å². The molecule has 124 valence electrons. The number of amides is 1. The fraction of sp³-hybridized carbons (Fsp3) is 0.0588. The van der Waals surface area contributed by atoms with Crippen LogP contribution in [0.2, 0.25) is 0 Å². The summed E-state index contributed by atoms with van der Waals surface area (Å²) < 4.78 is 2.01. The van der Waals surface area contributed by atoms with E-state index in [1.807, 2.05) is 59.3 Å². The summed E-state index contributed by atoms with van der Waals surface area (Å²) in [5, 5.41) is 10.7. The molecule has 0 bridgehead atoms. The highest BCUT2D eigenvalue weighted by Crippen LogP contribution is 2.23. The van der Waals surface area contributed by atoms with E-state index in [1.54, 1.807) is 17.3 Å². The normalized spacial score (nSPS) is 10.9. The predicted molar refractivity (Wildman–Crippen MR) is 99.1 cm³/mol. The Bertz CT molecular complexity index is 963. The molecule has 1 aromatic carbocycles. The van der Waals surface area contributed by atoms with E-state index in [0.29, 0.717) is 10.7 Å². The van der Waals surface area contributed by atoms with Gasteiger partial charge in [-0.05, 0) is 36.4 Å². The van der Waals surface area contributed by atoms with Crippen molar-refractivity contribution >= 4 is 39.8 Å². The van der Waals surface area contributed by atoms with E-state index in [1.165, 1.54) is 11.3 Å². The van der Waals surface area contributed by atoms with E-state index in [2.05, 4.69) is 20.5 Å². The molecule has 0 radical (unpaired) electrons. The van der Waals surface area contributed by atoms with Gasteiger partial charge in [0, 0.05) is 28.6 Å². The number of carbonyl (C=O) groups is 1. The second-order valence-corrected chi connectivity index (χ2v) is 7.09. The molecule has 0 aliphatic rings. The van der Waals surface area contributed by atoms with Crippen molar-refractivity contribution in [2.45, 2.75) is 10.6 Å². The van der Waals surface area contributed by atoms with E-state index in [0.717, 1.165) is 22.0 Å². The number of nitrogens with one attached hydrogen (secondary N) is 1. The van der Waals surface area contributed by atoms with Crippen LogP contribution in [0.15, 0.2) is 65.3 Å². The Morgan fingerprint density at radius 3 is 2.84 bits per heavy atom. The average molecular weight is 367 g/mol. The van der Waals surface area contributed by atoms with Crippen molar-refractivity contribution < 1.29 is 4.79 Å². The molecule has 8 heteroatoms. The number of imidazole rings is 1. The van der Waals surface area contributed by atoms with Crippen LogP contribution in [-0.2, 0) is 5.75 Å². The number of pyridine rings is 1. The van der Waals surface area contributed by atoms with Crippen LogP contribution >= 0.6 is 23.1 Å². The van der Waals surface area contributed by atoms with E-state index < -0.39 is 0 Å². The van der Waals surface area contributed by atoms with Crippen LogP contribution in [0.3, 0.4) is 0 Å². The molecule has 3 heterocycles. The maximum atomic E-state index is 12.1. The summed E-state index contributed by atoms with van der Waals surface area (Å²) in [6.07, 6.45) is 4.02. The molecule has 0 aliphatic heterocycles. The lowest BCUT2D eigenvalue weighted by atomic mass is 10.2. The highest BCUT2D eigenvalue weighted by atomic mass is 32.2. The third-order valence-corrected chi connectivity index (χ3v) is 5.15. The van der Waals surface area contributed by atoms with Crippen molar-refractivity contribution in [2.75, 3.05) is 5.32 Å². The van der Waals surface area contributed by atoms with Gasteiger partial charge < -0.3 is 4.40 Å². The number of benzene rings is 1. The molecule has 0 unspecified atom stereocenters.